The monoisotopic (exact) mass is 339 g/mol. The molecule has 1 amide bonds. The minimum atomic E-state index is -1.58. The first-order chi connectivity index (χ1) is 8.60. The predicted octanol–water partition coefficient (Wildman–Crippen LogP) is 4.64. The molecule has 1 atom stereocenters. The highest BCUT2D eigenvalue weighted by Crippen LogP contribution is 2.39. The van der Waals surface area contributed by atoms with Crippen LogP contribution in [0.2, 0.25) is 0 Å². The molecule has 1 aromatic rings. The van der Waals surface area contributed by atoms with E-state index in [4.69, 9.17) is 34.8 Å². The number of amides is 1. The van der Waals surface area contributed by atoms with Crippen LogP contribution in [0.1, 0.15) is 20.8 Å². The van der Waals surface area contributed by atoms with Crippen LogP contribution < -0.4 is 5.32 Å². The summed E-state index contributed by atoms with van der Waals surface area (Å²) in [6.07, 6.45) is 0. The second kappa shape index (κ2) is 6.57. The van der Waals surface area contributed by atoms with Crippen molar-refractivity contribution in [2.75, 3.05) is 0 Å². The summed E-state index contributed by atoms with van der Waals surface area (Å²) < 4.78 is -1.58. The minimum Gasteiger partial charge on any atom is -0.339 e. The molecule has 0 aliphatic carbocycles. The van der Waals surface area contributed by atoms with Gasteiger partial charge in [0.05, 0.1) is 0 Å². The van der Waals surface area contributed by atoms with Gasteiger partial charge in [0.1, 0.15) is 5.37 Å². The molecule has 1 N–H and O–H groups in total. The second-order valence-electron chi connectivity index (χ2n) is 5.08. The van der Waals surface area contributed by atoms with E-state index in [1.54, 1.807) is 0 Å². The normalized spacial score (nSPS) is 14.0. The Balaban J connectivity index is 2.83. The predicted molar refractivity (Wildman–Crippen MR) is 84.0 cm³/mol. The van der Waals surface area contributed by atoms with Crippen molar-refractivity contribution < 1.29 is 4.79 Å². The third-order valence-electron chi connectivity index (χ3n) is 2.24. The number of nitrogens with one attached hydrogen (secondary N) is 1. The molecule has 0 fully saturated rings. The molecule has 0 aromatic heterocycles. The van der Waals surface area contributed by atoms with E-state index < -0.39 is 14.6 Å². The zero-order valence-electron chi connectivity index (χ0n) is 10.9. The quantitative estimate of drug-likeness (QED) is 0.493. The fourth-order valence-corrected chi connectivity index (χ4v) is 2.60. The molecule has 0 aliphatic heterocycles. The molecular weight excluding hydrogens is 325 g/mol. The number of carbonyl (C=O) groups is 1. The van der Waals surface area contributed by atoms with Gasteiger partial charge in [0, 0.05) is 10.3 Å². The smallest absolute Gasteiger partial charge is 0.226 e. The van der Waals surface area contributed by atoms with Crippen molar-refractivity contribution in [2.45, 2.75) is 34.8 Å². The highest BCUT2D eigenvalue weighted by molar-refractivity contribution is 8.00. The number of hydrogen-bond donors (Lipinski definition) is 1. The van der Waals surface area contributed by atoms with Crippen LogP contribution in [0, 0.1) is 5.41 Å². The highest BCUT2D eigenvalue weighted by Gasteiger charge is 2.36. The van der Waals surface area contributed by atoms with Crippen molar-refractivity contribution in [1.82, 2.24) is 5.32 Å². The van der Waals surface area contributed by atoms with E-state index >= 15 is 0 Å². The van der Waals surface area contributed by atoms with Crippen molar-refractivity contribution in [2.24, 2.45) is 5.41 Å². The van der Waals surface area contributed by atoms with E-state index in [1.165, 1.54) is 11.8 Å². The molecule has 106 valence electrons. The maximum absolute atomic E-state index is 12.0. The van der Waals surface area contributed by atoms with Crippen molar-refractivity contribution >= 4 is 52.5 Å². The summed E-state index contributed by atoms with van der Waals surface area (Å²) in [5.41, 5.74) is -0.536. The molecule has 0 aliphatic rings. The van der Waals surface area contributed by atoms with Gasteiger partial charge in [-0.15, -0.1) is 0 Å². The lowest BCUT2D eigenvalue weighted by Gasteiger charge is -2.28. The van der Waals surface area contributed by atoms with Crippen molar-refractivity contribution in [3.05, 3.63) is 30.3 Å². The zero-order chi connectivity index (χ0) is 14.7. The maximum Gasteiger partial charge on any atom is 0.226 e. The van der Waals surface area contributed by atoms with Crippen molar-refractivity contribution in [3.8, 4) is 0 Å². The average molecular weight is 341 g/mol. The zero-order valence-corrected chi connectivity index (χ0v) is 14.0. The summed E-state index contributed by atoms with van der Waals surface area (Å²) in [6, 6.07) is 9.49. The molecular formula is C13H16Cl3NOS. The Morgan fingerprint density at radius 2 is 1.68 bits per heavy atom. The highest BCUT2D eigenvalue weighted by atomic mass is 35.6. The van der Waals surface area contributed by atoms with Gasteiger partial charge in [-0.05, 0) is 12.1 Å². The molecule has 0 unspecified atom stereocenters. The first-order valence-electron chi connectivity index (χ1n) is 5.70. The molecule has 0 spiro atoms. The average Bonchev–Trinajstić information content (AvgIpc) is 2.27. The molecule has 0 heterocycles. The lowest BCUT2D eigenvalue weighted by molar-refractivity contribution is -0.128. The van der Waals surface area contributed by atoms with Gasteiger partial charge in [0.25, 0.3) is 0 Å². The lowest BCUT2D eigenvalue weighted by Crippen LogP contribution is -2.46. The second-order valence-corrected chi connectivity index (χ2v) is 8.62. The topological polar surface area (TPSA) is 29.1 Å². The number of halogens is 3. The van der Waals surface area contributed by atoms with Crippen LogP contribution in [-0.4, -0.2) is 15.1 Å². The van der Waals surface area contributed by atoms with Crippen LogP contribution in [0.3, 0.4) is 0 Å². The van der Waals surface area contributed by atoms with Crippen molar-refractivity contribution in [1.29, 1.82) is 0 Å². The van der Waals surface area contributed by atoms with E-state index in [2.05, 4.69) is 5.32 Å². The van der Waals surface area contributed by atoms with E-state index in [0.29, 0.717) is 0 Å². The van der Waals surface area contributed by atoms with Crippen LogP contribution in [0.5, 0.6) is 0 Å². The Labute approximate surface area is 133 Å². The van der Waals surface area contributed by atoms with Gasteiger partial charge >= 0.3 is 0 Å². The number of hydrogen-bond acceptors (Lipinski definition) is 2. The number of alkyl halides is 3. The molecule has 6 heteroatoms. The van der Waals surface area contributed by atoms with Gasteiger partial charge < -0.3 is 5.32 Å². The van der Waals surface area contributed by atoms with Crippen LogP contribution in [-0.2, 0) is 4.79 Å². The van der Waals surface area contributed by atoms with Gasteiger partial charge in [0.2, 0.25) is 9.70 Å². The number of carbonyl (C=O) groups excluding carboxylic acids is 1. The Morgan fingerprint density at radius 3 is 2.11 bits per heavy atom. The van der Waals surface area contributed by atoms with Crippen LogP contribution >= 0.6 is 46.6 Å². The molecule has 2 nitrogen and oxygen atoms in total. The van der Waals surface area contributed by atoms with E-state index in [-0.39, 0.29) is 5.91 Å². The Bertz CT molecular complexity index is 426. The SMILES string of the molecule is CC(C)(C)C(=O)N[C@H](Sc1ccccc1)C(Cl)(Cl)Cl. The molecule has 0 saturated carbocycles. The molecule has 1 aromatic carbocycles. The first kappa shape index (κ1) is 17.0. The molecule has 0 bridgehead atoms. The summed E-state index contributed by atoms with van der Waals surface area (Å²) in [5.74, 6) is -0.160. The van der Waals surface area contributed by atoms with Gasteiger partial charge in [-0.25, -0.2) is 0 Å². The van der Waals surface area contributed by atoms with Gasteiger partial charge in [-0.3, -0.25) is 4.79 Å². The molecule has 0 radical (unpaired) electrons. The summed E-state index contributed by atoms with van der Waals surface area (Å²) in [4.78, 5) is 12.9. The van der Waals surface area contributed by atoms with Gasteiger partial charge in [0.15, 0.2) is 0 Å². The van der Waals surface area contributed by atoms with Gasteiger partial charge in [-0.2, -0.15) is 0 Å². The maximum atomic E-state index is 12.0. The fraction of sp³-hybridized carbons (Fsp3) is 0.462. The largest absolute Gasteiger partial charge is 0.339 e. The number of thioether (sulfide) groups is 1. The van der Waals surface area contributed by atoms with E-state index in [1.807, 2.05) is 51.1 Å². The number of rotatable bonds is 3. The number of benzene rings is 1. The van der Waals surface area contributed by atoms with Crippen LogP contribution in [0.25, 0.3) is 0 Å². The first-order valence-corrected chi connectivity index (χ1v) is 7.71. The fourth-order valence-electron chi connectivity index (χ4n) is 1.15. The summed E-state index contributed by atoms with van der Waals surface area (Å²) in [7, 11) is 0. The third kappa shape index (κ3) is 5.82. The van der Waals surface area contributed by atoms with Gasteiger partial charge in [-0.1, -0.05) is 85.5 Å². The van der Waals surface area contributed by atoms with Crippen LogP contribution in [0.15, 0.2) is 35.2 Å². The van der Waals surface area contributed by atoms with E-state index in [0.717, 1.165) is 4.90 Å². The molecule has 1 rings (SSSR count). The summed E-state index contributed by atoms with van der Waals surface area (Å²) in [6.45, 7) is 5.43. The van der Waals surface area contributed by atoms with Crippen molar-refractivity contribution in [3.63, 3.8) is 0 Å². The Morgan fingerprint density at radius 1 is 1.16 bits per heavy atom. The summed E-state index contributed by atoms with van der Waals surface area (Å²) in [5, 5.41) is 2.13. The third-order valence-corrected chi connectivity index (χ3v) is 4.53. The Hall–Kier alpha value is -0.0900. The summed E-state index contributed by atoms with van der Waals surface area (Å²) >= 11 is 19.1. The Kier molecular flexibility index (Phi) is 5.87. The van der Waals surface area contributed by atoms with Crippen LogP contribution in [0.4, 0.5) is 0 Å². The standard InChI is InChI=1S/C13H16Cl3NOS/c1-12(2,3)10(18)17-11(13(14,15)16)19-9-7-5-4-6-8-9/h4-8,11H,1-3H3,(H,17,18)/t11-/m1/s1. The molecule has 19 heavy (non-hydrogen) atoms. The lowest BCUT2D eigenvalue weighted by atomic mass is 9.96. The minimum absolute atomic E-state index is 0.160. The van der Waals surface area contributed by atoms with E-state index in [9.17, 15) is 4.79 Å². The molecule has 0 saturated heterocycles.